The van der Waals surface area contributed by atoms with Crippen molar-refractivity contribution >= 4 is 17.3 Å². The molecule has 0 saturated carbocycles. The van der Waals surface area contributed by atoms with E-state index >= 15 is 0 Å². The molecule has 2 rings (SSSR count). The second-order valence-electron chi connectivity index (χ2n) is 4.92. The molecular formula is C16H15FN2O5. The first-order chi connectivity index (χ1) is 11.4. The van der Waals surface area contributed by atoms with E-state index < -0.39 is 22.3 Å². The molecule has 0 fully saturated rings. The molecule has 0 radical (unpaired) electrons. The van der Waals surface area contributed by atoms with E-state index in [1.807, 2.05) is 0 Å². The number of hydrogen-bond donors (Lipinski definition) is 1. The number of carbonyl (C=O) groups excluding carboxylic acids is 1. The first-order valence-corrected chi connectivity index (χ1v) is 6.85. The molecule has 0 heterocycles. The van der Waals surface area contributed by atoms with Gasteiger partial charge in [-0.1, -0.05) is 6.07 Å². The van der Waals surface area contributed by atoms with Crippen molar-refractivity contribution in [3.63, 3.8) is 0 Å². The van der Waals surface area contributed by atoms with Gasteiger partial charge in [0.15, 0.2) is 11.5 Å². The predicted molar refractivity (Wildman–Crippen MR) is 85.3 cm³/mol. The van der Waals surface area contributed by atoms with Crippen LogP contribution in [0.25, 0.3) is 0 Å². The molecule has 1 N–H and O–H groups in total. The normalized spacial score (nSPS) is 10.2. The highest BCUT2D eigenvalue weighted by atomic mass is 19.1. The van der Waals surface area contributed by atoms with E-state index in [-0.39, 0.29) is 22.7 Å². The van der Waals surface area contributed by atoms with Gasteiger partial charge in [0, 0.05) is 6.07 Å². The lowest BCUT2D eigenvalue weighted by Crippen LogP contribution is -2.15. The minimum Gasteiger partial charge on any atom is -0.493 e. The lowest BCUT2D eigenvalue weighted by molar-refractivity contribution is -0.385. The third-order valence-corrected chi connectivity index (χ3v) is 3.31. The first kappa shape index (κ1) is 17.2. The molecule has 1 amide bonds. The fourth-order valence-electron chi connectivity index (χ4n) is 2.13. The Labute approximate surface area is 137 Å². The molecule has 7 nitrogen and oxygen atoms in total. The molecule has 0 aromatic heterocycles. The predicted octanol–water partition coefficient (Wildman–Crippen LogP) is 3.31. The lowest BCUT2D eigenvalue weighted by atomic mass is 10.1. The van der Waals surface area contributed by atoms with Crippen LogP contribution in [0.2, 0.25) is 0 Å². The second-order valence-corrected chi connectivity index (χ2v) is 4.92. The van der Waals surface area contributed by atoms with Crippen LogP contribution in [0.15, 0.2) is 30.3 Å². The topological polar surface area (TPSA) is 90.7 Å². The Kier molecular flexibility index (Phi) is 4.98. The number of halogens is 1. The fourth-order valence-corrected chi connectivity index (χ4v) is 2.13. The monoisotopic (exact) mass is 334 g/mol. The van der Waals surface area contributed by atoms with Crippen LogP contribution >= 0.6 is 0 Å². The Morgan fingerprint density at radius 1 is 1.17 bits per heavy atom. The van der Waals surface area contributed by atoms with Crippen molar-refractivity contribution in [3.8, 4) is 11.5 Å². The molecule has 126 valence electrons. The van der Waals surface area contributed by atoms with Gasteiger partial charge in [-0.3, -0.25) is 14.9 Å². The number of amides is 1. The Morgan fingerprint density at radius 2 is 1.79 bits per heavy atom. The Bertz CT molecular complexity index is 807. The Morgan fingerprint density at radius 3 is 2.38 bits per heavy atom. The lowest BCUT2D eigenvalue weighted by Gasteiger charge is -2.11. The van der Waals surface area contributed by atoms with Crippen LogP contribution in [0, 0.1) is 22.9 Å². The summed E-state index contributed by atoms with van der Waals surface area (Å²) in [6.07, 6.45) is 0. The maximum atomic E-state index is 13.8. The molecule has 0 unspecified atom stereocenters. The van der Waals surface area contributed by atoms with Crippen LogP contribution in [-0.4, -0.2) is 25.1 Å². The van der Waals surface area contributed by atoms with Gasteiger partial charge in [-0.2, -0.15) is 0 Å². The summed E-state index contributed by atoms with van der Waals surface area (Å²) >= 11 is 0. The zero-order valence-electron chi connectivity index (χ0n) is 13.3. The van der Waals surface area contributed by atoms with Crippen molar-refractivity contribution < 1.29 is 23.6 Å². The number of nitro benzene ring substituents is 1. The van der Waals surface area contributed by atoms with E-state index in [2.05, 4.69) is 5.32 Å². The largest absolute Gasteiger partial charge is 0.493 e. The van der Waals surface area contributed by atoms with Crippen molar-refractivity contribution in [1.82, 2.24) is 0 Å². The number of hydrogen-bond acceptors (Lipinski definition) is 5. The second kappa shape index (κ2) is 6.95. The smallest absolute Gasteiger partial charge is 0.286 e. The van der Waals surface area contributed by atoms with Gasteiger partial charge in [-0.15, -0.1) is 0 Å². The van der Waals surface area contributed by atoms with Gasteiger partial charge in [-0.25, -0.2) is 4.39 Å². The highest BCUT2D eigenvalue weighted by molar-refractivity contribution is 6.07. The number of rotatable bonds is 5. The van der Waals surface area contributed by atoms with Gasteiger partial charge < -0.3 is 14.8 Å². The van der Waals surface area contributed by atoms with Crippen molar-refractivity contribution in [2.75, 3.05) is 19.5 Å². The van der Waals surface area contributed by atoms with Crippen LogP contribution in [0.5, 0.6) is 11.5 Å². The summed E-state index contributed by atoms with van der Waals surface area (Å²) in [6, 6.07) is 6.44. The number of nitrogens with zero attached hydrogens (tertiary/aromatic N) is 1. The zero-order chi connectivity index (χ0) is 17.9. The molecule has 0 aliphatic rings. The average Bonchev–Trinajstić information content (AvgIpc) is 2.56. The van der Waals surface area contributed by atoms with Crippen molar-refractivity contribution in [2.24, 2.45) is 0 Å². The molecule has 2 aromatic rings. The van der Waals surface area contributed by atoms with E-state index in [9.17, 15) is 19.3 Å². The molecule has 0 aliphatic carbocycles. The minimum atomic E-state index is -0.827. The summed E-state index contributed by atoms with van der Waals surface area (Å²) in [4.78, 5) is 22.9. The van der Waals surface area contributed by atoms with Crippen molar-refractivity contribution in [1.29, 1.82) is 0 Å². The standard InChI is InChI=1S/C16H15FN2O5/c1-9-4-5-11(17)12(6-9)18-16(20)10-7-14(23-2)15(24-3)8-13(10)19(21)22/h4-8H,1-3H3,(H,18,20). The van der Waals surface area contributed by atoms with Gasteiger partial charge in [0.2, 0.25) is 0 Å². The number of ether oxygens (including phenoxy) is 2. The van der Waals surface area contributed by atoms with Gasteiger partial charge in [0.1, 0.15) is 11.4 Å². The van der Waals surface area contributed by atoms with Gasteiger partial charge in [0.05, 0.1) is 30.9 Å². The van der Waals surface area contributed by atoms with Crippen LogP contribution in [0.3, 0.4) is 0 Å². The van der Waals surface area contributed by atoms with E-state index in [0.29, 0.717) is 0 Å². The number of nitro groups is 1. The third-order valence-electron chi connectivity index (χ3n) is 3.31. The highest BCUT2D eigenvalue weighted by Gasteiger charge is 2.25. The molecule has 8 heteroatoms. The van der Waals surface area contributed by atoms with E-state index in [1.165, 1.54) is 32.4 Å². The maximum Gasteiger partial charge on any atom is 0.286 e. The summed E-state index contributed by atoms with van der Waals surface area (Å²) < 4.78 is 23.8. The SMILES string of the molecule is COc1cc(C(=O)Nc2cc(C)ccc2F)c([N+](=O)[O-])cc1OC. The molecule has 0 atom stereocenters. The van der Waals surface area contributed by atoms with Gasteiger partial charge in [-0.05, 0) is 24.6 Å². The highest BCUT2D eigenvalue weighted by Crippen LogP contribution is 2.35. The fraction of sp³-hybridized carbons (Fsp3) is 0.188. The summed E-state index contributed by atoms with van der Waals surface area (Å²) in [7, 11) is 2.66. The van der Waals surface area contributed by atoms with Gasteiger partial charge in [0.25, 0.3) is 11.6 Å². The number of aryl methyl sites for hydroxylation is 1. The first-order valence-electron chi connectivity index (χ1n) is 6.85. The molecule has 0 bridgehead atoms. The molecule has 0 spiro atoms. The number of methoxy groups -OCH3 is 2. The quantitative estimate of drug-likeness (QED) is 0.669. The number of benzene rings is 2. The van der Waals surface area contributed by atoms with E-state index in [4.69, 9.17) is 9.47 Å². The van der Waals surface area contributed by atoms with E-state index in [0.717, 1.165) is 11.6 Å². The Balaban J connectivity index is 2.47. The molecular weight excluding hydrogens is 319 g/mol. The zero-order valence-corrected chi connectivity index (χ0v) is 13.3. The molecule has 24 heavy (non-hydrogen) atoms. The van der Waals surface area contributed by atoms with Crippen LogP contribution in [0.1, 0.15) is 15.9 Å². The average molecular weight is 334 g/mol. The summed E-state index contributed by atoms with van der Waals surface area (Å²) in [6.45, 7) is 1.73. The molecule has 2 aromatic carbocycles. The minimum absolute atomic E-state index is 0.0657. The van der Waals surface area contributed by atoms with Crippen LogP contribution < -0.4 is 14.8 Å². The van der Waals surface area contributed by atoms with Gasteiger partial charge >= 0.3 is 0 Å². The molecule has 0 aliphatic heterocycles. The number of nitrogens with one attached hydrogen (secondary N) is 1. The number of carbonyl (C=O) groups is 1. The third kappa shape index (κ3) is 3.43. The van der Waals surface area contributed by atoms with E-state index in [1.54, 1.807) is 13.0 Å². The van der Waals surface area contributed by atoms with Crippen molar-refractivity contribution in [2.45, 2.75) is 6.92 Å². The summed E-state index contributed by atoms with van der Waals surface area (Å²) in [5, 5.41) is 13.6. The maximum absolute atomic E-state index is 13.8. The summed E-state index contributed by atoms with van der Waals surface area (Å²) in [5.74, 6) is -1.20. The van der Waals surface area contributed by atoms with Crippen molar-refractivity contribution in [3.05, 3.63) is 57.4 Å². The number of anilines is 1. The van der Waals surface area contributed by atoms with Crippen LogP contribution in [-0.2, 0) is 0 Å². The van der Waals surface area contributed by atoms with Crippen LogP contribution in [0.4, 0.5) is 15.8 Å². The molecule has 0 saturated heterocycles. The Hall–Kier alpha value is -3.16. The summed E-state index contributed by atoms with van der Waals surface area (Å²) in [5.41, 5.74) is -0.0747.